The lowest BCUT2D eigenvalue weighted by atomic mass is 9.65. The Bertz CT molecular complexity index is 278. The number of hydrogen-bond donors (Lipinski definition) is 2. The molecule has 0 bridgehead atoms. The van der Waals surface area contributed by atoms with Crippen LogP contribution in [0, 0.1) is 11.3 Å². The van der Waals surface area contributed by atoms with Crippen LogP contribution in [0.4, 0.5) is 0 Å². The second kappa shape index (κ2) is 6.05. The monoisotopic (exact) mass is 254 g/mol. The van der Waals surface area contributed by atoms with Crippen LogP contribution in [0.2, 0.25) is 0 Å². The van der Waals surface area contributed by atoms with Gasteiger partial charge in [-0.25, -0.2) is 0 Å². The van der Waals surface area contributed by atoms with E-state index in [0.29, 0.717) is 11.8 Å². The van der Waals surface area contributed by atoms with E-state index in [9.17, 15) is 4.79 Å². The Kier molecular flexibility index (Phi) is 5.20. The summed E-state index contributed by atoms with van der Waals surface area (Å²) in [5.74, 6) is 0.603. The minimum atomic E-state index is -0.177. The Labute approximate surface area is 112 Å². The van der Waals surface area contributed by atoms with Crippen LogP contribution in [0.5, 0.6) is 0 Å². The molecule has 0 aromatic carbocycles. The van der Waals surface area contributed by atoms with Crippen LogP contribution >= 0.6 is 0 Å². The van der Waals surface area contributed by atoms with Gasteiger partial charge in [-0.15, -0.1) is 0 Å². The fourth-order valence-corrected chi connectivity index (χ4v) is 3.37. The number of primary amides is 1. The Morgan fingerprint density at radius 3 is 2.28 bits per heavy atom. The predicted octanol–water partition coefficient (Wildman–Crippen LogP) is 2.84. The summed E-state index contributed by atoms with van der Waals surface area (Å²) in [6, 6.07) is 0. The molecule has 0 aliphatic heterocycles. The van der Waals surface area contributed by atoms with Gasteiger partial charge in [-0.1, -0.05) is 34.1 Å². The molecule has 0 spiro atoms. The molecule has 0 saturated heterocycles. The van der Waals surface area contributed by atoms with Crippen molar-refractivity contribution >= 4 is 5.91 Å². The van der Waals surface area contributed by atoms with E-state index >= 15 is 0 Å². The van der Waals surface area contributed by atoms with Gasteiger partial charge < -0.3 is 11.1 Å². The number of nitrogens with one attached hydrogen (secondary N) is 1. The Morgan fingerprint density at radius 1 is 1.33 bits per heavy atom. The standard InChI is InChI=1S/C15H30N2O/c1-5-14(3,4)12-7-9-15(10-8-12,17-6-2)11-13(16)18/h12,17H,5-11H2,1-4H3,(H2,16,18). The summed E-state index contributed by atoms with van der Waals surface area (Å²) in [5.41, 5.74) is 5.80. The molecular formula is C15H30N2O. The van der Waals surface area contributed by atoms with Gasteiger partial charge in [0.15, 0.2) is 0 Å². The largest absolute Gasteiger partial charge is 0.370 e. The van der Waals surface area contributed by atoms with E-state index < -0.39 is 0 Å². The third-order valence-corrected chi connectivity index (χ3v) is 5.02. The van der Waals surface area contributed by atoms with Crippen molar-refractivity contribution in [2.75, 3.05) is 6.54 Å². The summed E-state index contributed by atoms with van der Waals surface area (Å²) in [6.45, 7) is 10.0. The normalized spacial score (nSPS) is 29.2. The minimum Gasteiger partial charge on any atom is -0.370 e. The highest BCUT2D eigenvalue weighted by atomic mass is 16.1. The van der Waals surface area contributed by atoms with Gasteiger partial charge in [0.25, 0.3) is 0 Å². The molecule has 0 atom stereocenters. The molecule has 0 heterocycles. The van der Waals surface area contributed by atoms with Gasteiger partial charge in [0.05, 0.1) is 0 Å². The number of hydrogen-bond acceptors (Lipinski definition) is 2. The van der Waals surface area contributed by atoms with Crippen LogP contribution in [0.25, 0.3) is 0 Å². The van der Waals surface area contributed by atoms with E-state index in [0.717, 1.165) is 25.3 Å². The molecule has 18 heavy (non-hydrogen) atoms. The van der Waals surface area contributed by atoms with Crippen molar-refractivity contribution in [1.29, 1.82) is 0 Å². The van der Waals surface area contributed by atoms with Gasteiger partial charge in [0.2, 0.25) is 5.91 Å². The lowest BCUT2D eigenvalue weighted by Gasteiger charge is -2.45. The van der Waals surface area contributed by atoms with Gasteiger partial charge in [0.1, 0.15) is 0 Å². The average Bonchev–Trinajstić information content (AvgIpc) is 2.29. The minimum absolute atomic E-state index is 0.0269. The zero-order chi connectivity index (χ0) is 13.8. The van der Waals surface area contributed by atoms with Crippen molar-refractivity contribution in [3.05, 3.63) is 0 Å². The first-order valence-corrected chi connectivity index (χ1v) is 7.38. The molecule has 3 heteroatoms. The average molecular weight is 254 g/mol. The Morgan fingerprint density at radius 2 is 1.89 bits per heavy atom. The zero-order valence-corrected chi connectivity index (χ0v) is 12.5. The second-order valence-electron chi connectivity index (χ2n) is 6.57. The van der Waals surface area contributed by atoms with Crippen molar-refractivity contribution in [3.63, 3.8) is 0 Å². The predicted molar refractivity (Wildman–Crippen MR) is 76.2 cm³/mol. The lowest BCUT2D eigenvalue weighted by molar-refractivity contribution is -0.120. The fraction of sp³-hybridized carbons (Fsp3) is 0.933. The van der Waals surface area contributed by atoms with Crippen molar-refractivity contribution in [2.24, 2.45) is 17.1 Å². The number of carbonyl (C=O) groups is 1. The van der Waals surface area contributed by atoms with Crippen LogP contribution in [0.1, 0.15) is 66.2 Å². The summed E-state index contributed by atoms with van der Waals surface area (Å²) in [4.78, 5) is 11.3. The molecule has 1 saturated carbocycles. The third-order valence-electron chi connectivity index (χ3n) is 5.02. The van der Waals surface area contributed by atoms with E-state index in [-0.39, 0.29) is 11.4 Å². The SMILES string of the molecule is CCNC1(CC(N)=O)CCC(C(C)(C)CC)CC1. The molecule has 1 amide bonds. The molecule has 106 valence electrons. The number of amides is 1. The summed E-state index contributed by atoms with van der Waals surface area (Å²) in [7, 11) is 0. The maximum absolute atomic E-state index is 11.3. The number of rotatable bonds is 6. The third kappa shape index (κ3) is 3.71. The van der Waals surface area contributed by atoms with Crippen molar-refractivity contribution in [1.82, 2.24) is 5.32 Å². The van der Waals surface area contributed by atoms with Crippen molar-refractivity contribution in [3.8, 4) is 0 Å². The maximum Gasteiger partial charge on any atom is 0.219 e. The molecule has 3 nitrogen and oxygen atoms in total. The first kappa shape index (κ1) is 15.5. The van der Waals surface area contributed by atoms with E-state index in [2.05, 4.69) is 33.0 Å². The summed E-state index contributed by atoms with van der Waals surface area (Å²) in [5, 5.41) is 3.52. The molecule has 1 rings (SSSR count). The molecule has 0 aromatic heterocycles. The molecule has 1 aliphatic rings. The number of nitrogens with two attached hydrogens (primary N) is 1. The van der Waals surface area contributed by atoms with Crippen LogP contribution in [-0.4, -0.2) is 18.0 Å². The van der Waals surface area contributed by atoms with E-state index in [1.165, 1.54) is 19.3 Å². The first-order chi connectivity index (χ1) is 8.35. The topological polar surface area (TPSA) is 55.1 Å². The highest BCUT2D eigenvalue weighted by Gasteiger charge is 2.39. The van der Waals surface area contributed by atoms with Crippen LogP contribution in [0.3, 0.4) is 0 Å². The van der Waals surface area contributed by atoms with Crippen LogP contribution in [-0.2, 0) is 4.79 Å². The van der Waals surface area contributed by atoms with Crippen LogP contribution in [0.15, 0.2) is 0 Å². The molecule has 0 unspecified atom stereocenters. The molecular weight excluding hydrogens is 224 g/mol. The molecule has 1 fully saturated rings. The first-order valence-electron chi connectivity index (χ1n) is 7.38. The quantitative estimate of drug-likeness (QED) is 0.766. The Hall–Kier alpha value is -0.570. The van der Waals surface area contributed by atoms with Crippen LogP contribution < -0.4 is 11.1 Å². The highest BCUT2D eigenvalue weighted by molar-refractivity contribution is 5.75. The van der Waals surface area contributed by atoms with Gasteiger partial charge in [-0.3, -0.25) is 4.79 Å². The summed E-state index contributed by atoms with van der Waals surface area (Å²) in [6.07, 6.45) is 6.29. The lowest BCUT2D eigenvalue weighted by Crippen LogP contribution is -2.51. The number of carbonyl (C=O) groups excluding carboxylic acids is 1. The fourth-order valence-electron chi connectivity index (χ4n) is 3.37. The van der Waals surface area contributed by atoms with E-state index in [1.54, 1.807) is 0 Å². The maximum atomic E-state index is 11.3. The summed E-state index contributed by atoms with van der Waals surface area (Å²) < 4.78 is 0. The van der Waals surface area contributed by atoms with Gasteiger partial charge in [-0.05, 0) is 43.6 Å². The second-order valence-corrected chi connectivity index (χ2v) is 6.57. The van der Waals surface area contributed by atoms with Gasteiger partial charge in [0, 0.05) is 12.0 Å². The van der Waals surface area contributed by atoms with Crippen molar-refractivity contribution in [2.45, 2.75) is 71.8 Å². The van der Waals surface area contributed by atoms with Crippen molar-refractivity contribution < 1.29 is 4.79 Å². The van der Waals surface area contributed by atoms with E-state index in [1.807, 2.05) is 0 Å². The molecule has 1 aliphatic carbocycles. The van der Waals surface area contributed by atoms with Gasteiger partial charge in [-0.2, -0.15) is 0 Å². The molecule has 0 radical (unpaired) electrons. The summed E-state index contributed by atoms with van der Waals surface area (Å²) >= 11 is 0. The molecule has 3 N–H and O–H groups in total. The highest BCUT2D eigenvalue weighted by Crippen LogP contribution is 2.44. The molecule has 0 aromatic rings. The zero-order valence-electron chi connectivity index (χ0n) is 12.5. The smallest absolute Gasteiger partial charge is 0.219 e. The van der Waals surface area contributed by atoms with Gasteiger partial charge >= 0.3 is 0 Å². The van der Waals surface area contributed by atoms with E-state index in [4.69, 9.17) is 5.73 Å². The Balaban J connectivity index is 2.65.